The Balaban J connectivity index is 2.49. The Kier molecular flexibility index (Phi) is 3.80. The van der Waals surface area contributed by atoms with Crippen molar-refractivity contribution in [3.05, 3.63) is 55.8 Å². The van der Waals surface area contributed by atoms with Crippen molar-refractivity contribution in [2.45, 2.75) is 26.9 Å². The molecule has 0 spiro atoms. The highest BCUT2D eigenvalue weighted by Crippen LogP contribution is 2.06. The second-order valence-corrected chi connectivity index (χ2v) is 4.44. The first kappa shape index (κ1) is 13.5. The zero-order valence-electron chi connectivity index (χ0n) is 10.6. The van der Waals surface area contributed by atoms with Gasteiger partial charge in [-0.3, -0.25) is 9.36 Å². The summed E-state index contributed by atoms with van der Waals surface area (Å²) in [6.07, 6.45) is 1.48. The molecule has 0 aliphatic rings. The number of aromatic nitrogens is 4. The average molecular weight is 281 g/mol. The third-order valence-corrected chi connectivity index (χ3v) is 2.84. The molecule has 19 heavy (non-hydrogen) atoms. The lowest BCUT2D eigenvalue weighted by atomic mass is 10.4. The van der Waals surface area contributed by atoms with Crippen LogP contribution in [0.1, 0.15) is 18.4 Å². The van der Waals surface area contributed by atoms with Gasteiger partial charge in [0.25, 0.3) is 5.56 Å². The Labute approximate surface area is 114 Å². The summed E-state index contributed by atoms with van der Waals surface area (Å²) in [5, 5.41) is 0.294. The normalized spacial score (nSPS) is 10.7. The average Bonchev–Trinajstić information content (AvgIpc) is 2.33. The molecule has 0 fully saturated rings. The van der Waals surface area contributed by atoms with E-state index in [1.807, 2.05) is 6.92 Å². The molecule has 100 valence electrons. The lowest BCUT2D eigenvalue weighted by Gasteiger charge is -2.07. The maximum absolute atomic E-state index is 12.0. The zero-order chi connectivity index (χ0) is 14.0. The van der Waals surface area contributed by atoms with Crippen molar-refractivity contribution in [3.63, 3.8) is 0 Å². The molecule has 0 bridgehead atoms. The minimum absolute atomic E-state index is 0.0138. The summed E-state index contributed by atoms with van der Waals surface area (Å²) in [6.45, 7) is 4.11. The van der Waals surface area contributed by atoms with Crippen molar-refractivity contribution in [2.24, 2.45) is 0 Å². The Morgan fingerprint density at radius 1 is 1.32 bits per heavy atom. The first-order chi connectivity index (χ1) is 9.01. The molecule has 2 aromatic rings. The molecular weight excluding hydrogens is 268 g/mol. The van der Waals surface area contributed by atoms with Crippen LogP contribution in [0.5, 0.6) is 0 Å². The Morgan fingerprint density at radius 3 is 2.68 bits per heavy atom. The maximum atomic E-state index is 12.0. The second kappa shape index (κ2) is 5.36. The molecule has 0 aliphatic carbocycles. The number of hydrogen-bond acceptors (Lipinski definition) is 4. The summed E-state index contributed by atoms with van der Waals surface area (Å²) in [5.74, 6) is 0.345. The lowest BCUT2D eigenvalue weighted by molar-refractivity contribution is 0.586. The Hall–Kier alpha value is -1.95. The van der Waals surface area contributed by atoms with E-state index in [2.05, 4.69) is 9.97 Å². The van der Waals surface area contributed by atoms with Crippen LogP contribution < -0.4 is 11.2 Å². The van der Waals surface area contributed by atoms with Crippen LogP contribution in [-0.4, -0.2) is 19.1 Å². The highest BCUT2D eigenvalue weighted by molar-refractivity contribution is 6.29. The predicted molar refractivity (Wildman–Crippen MR) is 71.5 cm³/mol. The molecule has 2 aromatic heterocycles. The van der Waals surface area contributed by atoms with Crippen molar-refractivity contribution < 1.29 is 0 Å². The predicted octanol–water partition coefficient (Wildman–Crippen LogP) is 0.830. The summed E-state index contributed by atoms with van der Waals surface area (Å²) in [6, 6.07) is 2.96. The minimum atomic E-state index is -0.379. The van der Waals surface area contributed by atoms with E-state index in [1.54, 1.807) is 13.0 Å². The summed E-state index contributed by atoms with van der Waals surface area (Å²) < 4.78 is 2.54. The number of rotatable bonds is 3. The highest BCUT2D eigenvalue weighted by Gasteiger charge is 2.08. The van der Waals surface area contributed by atoms with E-state index >= 15 is 0 Å². The molecule has 0 unspecified atom stereocenters. The maximum Gasteiger partial charge on any atom is 0.331 e. The van der Waals surface area contributed by atoms with Crippen LogP contribution in [0.25, 0.3) is 0 Å². The first-order valence-corrected chi connectivity index (χ1v) is 6.19. The number of hydrogen-bond donors (Lipinski definition) is 0. The molecule has 2 rings (SSSR count). The van der Waals surface area contributed by atoms with E-state index in [9.17, 15) is 9.59 Å². The van der Waals surface area contributed by atoms with Gasteiger partial charge in [-0.2, -0.15) is 0 Å². The fraction of sp³-hybridized carbons (Fsp3) is 0.333. The van der Waals surface area contributed by atoms with Crippen molar-refractivity contribution in [1.29, 1.82) is 0 Å². The van der Waals surface area contributed by atoms with E-state index in [4.69, 9.17) is 11.6 Å². The van der Waals surface area contributed by atoms with E-state index in [-0.39, 0.29) is 17.8 Å². The van der Waals surface area contributed by atoms with Gasteiger partial charge in [-0.05, 0) is 19.9 Å². The third kappa shape index (κ3) is 2.90. The molecule has 0 radical (unpaired) electrons. The fourth-order valence-corrected chi connectivity index (χ4v) is 2.00. The van der Waals surface area contributed by atoms with Gasteiger partial charge >= 0.3 is 5.69 Å². The first-order valence-electron chi connectivity index (χ1n) is 5.81. The third-order valence-electron chi connectivity index (χ3n) is 2.65. The van der Waals surface area contributed by atoms with Gasteiger partial charge in [-0.1, -0.05) is 11.6 Å². The Bertz CT molecular complexity index is 700. The van der Waals surface area contributed by atoms with Crippen LogP contribution in [0.2, 0.25) is 5.15 Å². The van der Waals surface area contributed by atoms with E-state index in [1.165, 1.54) is 16.8 Å². The van der Waals surface area contributed by atoms with Gasteiger partial charge < -0.3 is 4.57 Å². The minimum Gasteiger partial charge on any atom is -0.301 e. The number of aryl methyl sites for hydroxylation is 2. The van der Waals surface area contributed by atoms with Gasteiger partial charge in [0.15, 0.2) is 0 Å². The van der Waals surface area contributed by atoms with Crippen molar-refractivity contribution >= 4 is 11.6 Å². The van der Waals surface area contributed by atoms with Crippen LogP contribution in [0.3, 0.4) is 0 Å². The molecular formula is C12H13ClN4O2. The fourth-order valence-electron chi connectivity index (χ4n) is 1.74. The van der Waals surface area contributed by atoms with Crippen LogP contribution in [-0.2, 0) is 13.1 Å². The van der Waals surface area contributed by atoms with Crippen LogP contribution in [0, 0.1) is 6.92 Å². The smallest absolute Gasteiger partial charge is 0.301 e. The van der Waals surface area contributed by atoms with E-state index in [0.29, 0.717) is 23.2 Å². The number of nitrogens with zero attached hydrogens (tertiary/aromatic N) is 4. The van der Waals surface area contributed by atoms with Gasteiger partial charge in [-0.25, -0.2) is 14.8 Å². The summed E-state index contributed by atoms with van der Waals surface area (Å²) in [7, 11) is 0. The molecule has 2 heterocycles. The van der Waals surface area contributed by atoms with E-state index in [0.717, 1.165) is 4.57 Å². The van der Waals surface area contributed by atoms with Crippen molar-refractivity contribution in [2.75, 3.05) is 0 Å². The summed E-state index contributed by atoms with van der Waals surface area (Å²) >= 11 is 5.83. The lowest BCUT2D eigenvalue weighted by Crippen LogP contribution is -2.39. The molecule has 7 heteroatoms. The highest BCUT2D eigenvalue weighted by atomic mass is 35.5. The zero-order valence-corrected chi connectivity index (χ0v) is 11.4. The molecule has 0 saturated heterocycles. The summed E-state index contributed by atoms with van der Waals surface area (Å²) in [5.41, 5.74) is -0.0676. The van der Waals surface area contributed by atoms with Crippen molar-refractivity contribution in [3.8, 4) is 0 Å². The Morgan fingerprint density at radius 2 is 2.05 bits per heavy atom. The van der Waals surface area contributed by atoms with Crippen LogP contribution in [0.4, 0.5) is 0 Å². The van der Waals surface area contributed by atoms with E-state index < -0.39 is 0 Å². The van der Waals surface area contributed by atoms with Crippen LogP contribution in [0.15, 0.2) is 27.9 Å². The monoisotopic (exact) mass is 280 g/mol. The molecule has 0 atom stereocenters. The molecule has 0 saturated carbocycles. The molecule has 0 aromatic carbocycles. The van der Waals surface area contributed by atoms with Crippen LogP contribution >= 0.6 is 11.6 Å². The largest absolute Gasteiger partial charge is 0.331 e. The van der Waals surface area contributed by atoms with Gasteiger partial charge in [0.1, 0.15) is 11.0 Å². The molecule has 0 N–H and O–H groups in total. The standard InChI is InChI=1S/C12H13ClN4O2/c1-3-16-5-4-11(18)17(12(16)19)7-10-14-8(2)6-9(13)15-10/h4-6H,3,7H2,1-2H3. The second-order valence-electron chi connectivity index (χ2n) is 4.06. The quantitative estimate of drug-likeness (QED) is 0.781. The van der Waals surface area contributed by atoms with Gasteiger partial charge in [-0.15, -0.1) is 0 Å². The number of halogens is 1. The van der Waals surface area contributed by atoms with Crippen molar-refractivity contribution in [1.82, 2.24) is 19.1 Å². The van der Waals surface area contributed by atoms with Gasteiger partial charge in [0.2, 0.25) is 0 Å². The molecule has 0 amide bonds. The molecule has 0 aliphatic heterocycles. The SMILES string of the molecule is CCn1ccc(=O)n(Cc2nc(C)cc(Cl)n2)c1=O. The van der Waals surface area contributed by atoms with Gasteiger partial charge in [0, 0.05) is 24.5 Å². The summed E-state index contributed by atoms with van der Waals surface area (Å²) in [4.78, 5) is 32.0. The van der Waals surface area contributed by atoms with Gasteiger partial charge in [0.05, 0.1) is 6.54 Å². The molecule has 6 nitrogen and oxygen atoms in total. The topological polar surface area (TPSA) is 69.8 Å².